The molecule has 9 heteroatoms. The summed E-state index contributed by atoms with van der Waals surface area (Å²) in [7, 11) is -2.63. The highest BCUT2D eigenvalue weighted by Crippen LogP contribution is 2.28. The molecule has 0 unspecified atom stereocenters. The van der Waals surface area contributed by atoms with Crippen molar-refractivity contribution in [1.29, 1.82) is 0 Å². The number of amides is 1. The lowest BCUT2D eigenvalue weighted by atomic mass is 10.1. The van der Waals surface area contributed by atoms with E-state index in [2.05, 4.69) is 5.32 Å². The summed E-state index contributed by atoms with van der Waals surface area (Å²) in [4.78, 5) is 12.8. The van der Waals surface area contributed by atoms with E-state index in [1.807, 2.05) is 30.3 Å². The van der Waals surface area contributed by atoms with Crippen molar-refractivity contribution in [3.63, 3.8) is 0 Å². The molecule has 3 aromatic rings. The number of benzene rings is 3. The Morgan fingerprint density at radius 2 is 1.73 bits per heavy atom. The lowest BCUT2D eigenvalue weighted by Gasteiger charge is -2.23. The van der Waals surface area contributed by atoms with E-state index in [-0.39, 0.29) is 28.8 Å². The van der Waals surface area contributed by atoms with Crippen molar-refractivity contribution in [2.45, 2.75) is 18.2 Å². The van der Waals surface area contributed by atoms with Crippen LogP contribution in [0.15, 0.2) is 71.6 Å². The van der Waals surface area contributed by atoms with Gasteiger partial charge in [0.1, 0.15) is 10.6 Å². The fraction of sp³-hybridized carbons (Fsp3) is 0.208. The van der Waals surface area contributed by atoms with E-state index < -0.39 is 15.9 Å². The number of carbonyl (C=O) groups excluding carboxylic acids is 1. The van der Waals surface area contributed by atoms with E-state index in [0.717, 1.165) is 15.4 Å². The molecule has 0 spiro atoms. The molecule has 0 saturated heterocycles. The van der Waals surface area contributed by atoms with Crippen LogP contribution < -0.4 is 10.1 Å². The lowest BCUT2D eigenvalue weighted by molar-refractivity contribution is -0.116. The van der Waals surface area contributed by atoms with Crippen LogP contribution in [0.1, 0.15) is 11.1 Å². The van der Waals surface area contributed by atoms with E-state index in [1.54, 1.807) is 37.3 Å². The van der Waals surface area contributed by atoms with Gasteiger partial charge >= 0.3 is 0 Å². The molecule has 0 aromatic heterocycles. The van der Waals surface area contributed by atoms with Gasteiger partial charge in [-0.1, -0.05) is 59.6 Å². The maximum atomic E-state index is 13.6. The Morgan fingerprint density at radius 1 is 1.00 bits per heavy atom. The molecule has 0 saturated carbocycles. The molecule has 0 atom stereocenters. The minimum absolute atomic E-state index is 0.0143. The van der Waals surface area contributed by atoms with Crippen LogP contribution in [0.3, 0.4) is 0 Å². The minimum atomic E-state index is -4.04. The summed E-state index contributed by atoms with van der Waals surface area (Å²) >= 11 is 11.9. The first-order valence-corrected chi connectivity index (χ1v) is 12.3. The third-order valence-electron chi connectivity index (χ3n) is 4.95. The zero-order chi connectivity index (χ0) is 24.0. The number of rotatable bonds is 9. The van der Waals surface area contributed by atoms with Crippen molar-refractivity contribution in [3.05, 3.63) is 87.9 Å². The van der Waals surface area contributed by atoms with E-state index >= 15 is 0 Å². The monoisotopic (exact) mass is 506 g/mol. The smallest absolute Gasteiger partial charge is 0.247 e. The normalized spacial score (nSPS) is 11.4. The summed E-state index contributed by atoms with van der Waals surface area (Å²) in [5, 5.41) is 3.32. The maximum absolute atomic E-state index is 13.6. The number of methoxy groups -OCH3 is 1. The Morgan fingerprint density at radius 3 is 2.39 bits per heavy atom. The van der Waals surface area contributed by atoms with Gasteiger partial charge in [-0.2, -0.15) is 4.31 Å². The number of nitrogens with zero attached hydrogens (tertiary/aromatic N) is 1. The first-order valence-electron chi connectivity index (χ1n) is 10.1. The Kier molecular flexibility index (Phi) is 8.37. The summed E-state index contributed by atoms with van der Waals surface area (Å²) in [6.07, 6.45) is 0.439. The molecule has 0 radical (unpaired) electrons. The Labute approximate surface area is 204 Å². The quantitative estimate of drug-likeness (QED) is 0.433. The van der Waals surface area contributed by atoms with Crippen molar-refractivity contribution < 1.29 is 17.9 Å². The van der Waals surface area contributed by atoms with Gasteiger partial charge in [0.2, 0.25) is 15.9 Å². The van der Waals surface area contributed by atoms with Crippen LogP contribution in [0.4, 0.5) is 5.69 Å². The highest BCUT2D eigenvalue weighted by atomic mass is 35.5. The highest BCUT2D eigenvalue weighted by molar-refractivity contribution is 7.89. The van der Waals surface area contributed by atoms with Crippen LogP contribution in [-0.2, 0) is 21.2 Å². The fourth-order valence-corrected chi connectivity index (χ4v) is 5.18. The van der Waals surface area contributed by atoms with Gasteiger partial charge in [-0.3, -0.25) is 4.79 Å². The van der Waals surface area contributed by atoms with E-state index in [1.165, 1.54) is 13.2 Å². The summed E-state index contributed by atoms with van der Waals surface area (Å²) in [5.74, 6) is -0.285. The number of hydrogen-bond donors (Lipinski definition) is 1. The molecule has 6 nitrogen and oxygen atoms in total. The molecule has 174 valence electrons. The lowest BCUT2D eigenvalue weighted by Crippen LogP contribution is -2.39. The van der Waals surface area contributed by atoms with Gasteiger partial charge in [0.05, 0.1) is 23.7 Å². The topological polar surface area (TPSA) is 75.7 Å². The van der Waals surface area contributed by atoms with Gasteiger partial charge in [-0.25, -0.2) is 8.42 Å². The average Bonchev–Trinajstić information content (AvgIpc) is 2.79. The van der Waals surface area contributed by atoms with Crippen LogP contribution in [0, 0.1) is 6.92 Å². The molecule has 0 bridgehead atoms. The molecule has 0 heterocycles. The van der Waals surface area contributed by atoms with Crippen molar-refractivity contribution in [2.24, 2.45) is 0 Å². The second-order valence-electron chi connectivity index (χ2n) is 7.41. The maximum Gasteiger partial charge on any atom is 0.247 e. The third-order valence-corrected chi connectivity index (χ3v) is 7.56. The summed E-state index contributed by atoms with van der Waals surface area (Å²) in [5.41, 5.74) is 2.14. The largest absolute Gasteiger partial charge is 0.495 e. The Hall–Kier alpha value is -2.58. The van der Waals surface area contributed by atoms with Crippen molar-refractivity contribution >= 4 is 44.8 Å². The van der Waals surface area contributed by atoms with Gasteiger partial charge in [-0.05, 0) is 54.8 Å². The number of ether oxygens (including phenoxy) is 1. The van der Waals surface area contributed by atoms with Crippen LogP contribution in [0.2, 0.25) is 10.0 Å². The number of aryl methyl sites for hydroxylation is 1. The van der Waals surface area contributed by atoms with Crippen molar-refractivity contribution in [3.8, 4) is 5.75 Å². The number of sulfonamides is 1. The molecular formula is C24H24Cl2N2O4S. The molecule has 33 heavy (non-hydrogen) atoms. The zero-order valence-electron chi connectivity index (χ0n) is 18.2. The van der Waals surface area contributed by atoms with E-state index in [0.29, 0.717) is 17.1 Å². The molecule has 1 N–H and O–H groups in total. The highest BCUT2D eigenvalue weighted by Gasteiger charge is 2.29. The summed E-state index contributed by atoms with van der Waals surface area (Å²) < 4.78 is 33.6. The Balaban J connectivity index is 1.89. The third kappa shape index (κ3) is 6.48. The number of carbonyl (C=O) groups is 1. The molecule has 3 aromatic carbocycles. The van der Waals surface area contributed by atoms with Gasteiger partial charge in [0.15, 0.2) is 0 Å². The molecule has 0 aliphatic carbocycles. The van der Waals surface area contributed by atoms with Crippen molar-refractivity contribution in [2.75, 3.05) is 25.5 Å². The number of hydrogen-bond acceptors (Lipinski definition) is 4. The van der Waals surface area contributed by atoms with Crippen LogP contribution in [0.25, 0.3) is 0 Å². The Bertz CT molecular complexity index is 1230. The van der Waals surface area contributed by atoms with E-state index in [9.17, 15) is 13.2 Å². The summed E-state index contributed by atoms with van der Waals surface area (Å²) in [6.45, 7) is 1.52. The van der Waals surface area contributed by atoms with E-state index in [4.69, 9.17) is 27.9 Å². The van der Waals surface area contributed by atoms with Crippen molar-refractivity contribution in [1.82, 2.24) is 4.31 Å². The van der Waals surface area contributed by atoms with Gasteiger partial charge in [-0.15, -0.1) is 0 Å². The van der Waals surface area contributed by atoms with Crippen LogP contribution >= 0.6 is 23.2 Å². The first-order chi connectivity index (χ1) is 15.7. The standard InChI is InChI=1S/C24H24Cl2N2O4S/c1-17-8-11-22(32-2)23(14-17)33(30,31)28(13-12-18-6-4-3-5-7-18)16-24(29)27-19-9-10-20(25)21(26)15-19/h3-11,14-15H,12-13,16H2,1-2H3,(H,27,29). The van der Waals surface area contributed by atoms with Gasteiger partial charge < -0.3 is 10.1 Å². The van der Waals surface area contributed by atoms with Gasteiger partial charge in [0.25, 0.3) is 0 Å². The molecule has 0 aliphatic heterocycles. The number of halogens is 2. The molecule has 0 aliphatic rings. The average molecular weight is 507 g/mol. The second-order valence-corrected chi connectivity index (χ2v) is 10.1. The predicted octanol–water partition coefficient (Wildman–Crippen LogP) is 5.18. The minimum Gasteiger partial charge on any atom is -0.495 e. The molecular weight excluding hydrogens is 483 g/mol. The number of nitrogens with one attached hydrogen (secondary N) is 1. The fourth-order valence-electron chi connectivity index (χ4n) is 3.24. The zero-order valence-corrected chi connectivity index (χ0v) is 20.5. The molecule has 3 rings (SSSR count). The van der Waals surface area contributed by atoms with Crippen LogP contribution in [0.5, 0.6) is 5.75 Å². The summed E-state index contributed by atoms with van der Waals surface area (Å²) in [6, 6.07) is 19.1. The molecule has 1 amide bonds. The van der Waals surface area contributed by atoms with Gasteiger partial charge in [0, 0.05) is 12.2 Å². The van der Waals surface area contributed by atoms with Crippen LogP contribution in [-0.4, -0.2) is 38.8 Å². The predicted molar refractivity (Wildman–Crippen MR) is 132 cm³/mol. The SMILES string of the molecule is COc1ccc(C)cc1S(=O)(=O)N(CCc1ccccc1)CC(=O)Nc1ccc(Cl)c(Cl)c1. The number of anilines is 1. The molecule has 0 fully saturated rings. The second kappa shape index (κ2) is 11.0. The first kappa shape index (κ1) is 25.1.